The van der Waals surface area contributed by atoms with Crippen molar-refractivity contribution in [3.63, 3.8) is 0 Å². The molecule has 0 saturated carbocycles. The molecule has 0 fully saturated rings. The molecule has 83 valence electrons. The highest BCUT2D eigenvalue weighted by Crippen LogP contribution is 2.27. The van der Waals surface area contributed by atoms with E-state index in [9.17, 15) is 13.2 Å². The number of rotatable bonds is 3. The molecule has 15 heavy (non-hydrogen) atoms. The predicted molar refractivity (Wildman–Crippen MR) is 48.8 cm³/mol. The monoisotopic (exact) mass is 219 g/mol. The summed E-state index contributed by atoms with van der Waals surface area (Å²) < 4.78 is 44.4. The Kier molecular flexibility index (Phi) is 3.44. The summed E-state index contributed by atoms with van der Waals surface area (Å²) in [6, 6.07) is 3.76. The molecule has 0 amide bonds. The van der Waals surface area contributed by atoms with E-state index in [1.807, 2.05) is 0 Å². The van der Waals surface area contributed by atoms with E-state index in [2.05, 4.69) is 11.7 Å². The van der Waals surface area contributed by atoms with Crippen molar-refractivity contribution in [3.8, 4) is 11.5 Å². The van der Waals surface area contributed by atoms with E-state index in [0.29, 0.717) is 17.9 Å². The van der Waals surface area contributed by atoms with Crippen LogP contribution in [-0.4, -0.2) is 13.0 Å². The molecule has 0 aliphatic carbocycles. The Bertz CT molecular complexity index is 334. The molecular formula is C10H10F3O2. The first kappa shape index (κ1) is 11.7. The van der Waals surface area contributed by atoms with Crippen molar-refractivity contribution in [2.45, 2.75) is 13.3 Å². The maximum atomic E-state index is 11.8. The number of ether oxygens (including phenoxy) is 2. The molecule has 0 aromatic heterocycles. The molecule has 0 spiro atoms. The average molecular weight is 219 g/mol. The maximum Gasteiger partial charge on any atom is 0.573 e. The number of hydrogen-bond acceptors (Lipinski definition) is 2. The summed E-state index contributed by atoms with van der Waals surface area (Å²) in [7, 11) is 0. The Morgan fingerprint density at radius 3 is 2.47 bits per heavy atom. The van der Waals surface area contributed by atoms with Gasteiger partial charge in [0.05, 0.1) is 6.61 Å². The second kappa shape index (κ2) is 4.42. The SMILES string of the molecule is [CH2]c1cc(OC(F)(F)F)ccc1OCC. The first-order valence-electron chi connectivity index (χ1n) is 4.27. The summed E-state index contributed by atoms with van der Waals surface area (Å²) in [5.41, 5.74) is 0.360. The molecule has 0 unspecified atom stereocenters. The van der Waals surface area contributed by atoms with Gasteiger partial charge >= 0.3 is 6.36 Å². The van der Waals surface area contributed by atoms with Gasteiger partial charge in [-0.05, 0) is 37.6 Å². The van der Waals surface area contributed by atoms with Crippen LogP contribution in [0.2, 0.25) is 0 Å². The normalized spacial score (nSPS) is 11.3. The van der Waals surface area contributed by atoms with Crippen LogP contribution in [0.15, 0.2) is 18.2 Å². The van der Waals surface area contributed by atoms with E-state index < -0.39 is 6.36 Å². The van der Waals surface area contributed by atoms with Gasteiger partial charge in [-0.25, -0.2) is 0 Å². The minimum absolute atomic E-state index is 0.295. The van der Waals surface area contributed by atoms with Gasteiger partial charge in [-0.3, -0.25) is 0 Å². The van der Waals surface area contributed by atoms with Gasteiger partial charge in [-0.15, -0.1) is 13.2 Å². The van der Waals surface area contributed by atoms with Gasteiger partial charge in [0, 0.05) is 0 Å². The first-order valence-corrected chi connectivity index (χ1v) is 4.27. The lowest BCUT2D eigenvalue weighted by Gasteiger charge is -2.11. The van der Waals surface area contributed by atoms with E-state index in [-0.39, 0.29) is 5.75 Å². The number of hydrogen-bond donors (Lipinski definition) is 0. The molecule has 5 heteroatoms. The molecule has 1 radical (unpaired) electrons. The Hall–Kier alpha value is -1.39. The molecule has 2 nitrogen and oxygen atoms in total. The maximum absolute atomic E-state index is 11.8. The van der Waals surface area contributed by atoms with Crippen molar-refractivity contribution < 1.29 is 22.6 Å². The lowest BCUT2D eigenvalue weighted by molar-refractivity contribution is -0.274. The lowest BCUT2D eigenvalue weighted by Crippen LogP contribution is -2.17. The summed E-state index contributed by atoms with van der Waals surface area (Å²) in [6.07, 6.45) is -4.68. The van der Waals surface area contributed by atoms with Crippen molar-refractivity contribution in [1.29, 1.82) is 0 Å². The van der Waals surface area contributed by atoms with E-state index in [1.165, 1.54) is 18.2 Å². The van der Waals surface area contributed by atoms with E-state index in [0.717, 1.165) is 0 Å². The van der Waals surface area contributed by atoms with Crippen LogP contribution in [0.3, 0.4) is 0 Å². The smallest absolute Gasteiger partial charge is 0.494 e. The molecule has 1 aromatic carbocycles. The lowest BCUT2D eigenvalue weighted by atomic mass is 10.2. The van der Waals surface area contributed by atoms with Crippen LogP contribution in [0.4, 0.5) is 13.2 Å². The third-order valence-electron chi connectivity index (χ3n) is 1.57. The van der Waals surface area contributed by atoms with Crippen molar-refractivity contribution in [3.05, 3.63) is 30.7 Å². The highest BCUT2D eigenvalue weighted by molar-refractivity contribution is 5.41. The summed E-state index contributed by atoms with van der Waals surface area (Å²) in [6.45, 7) is 5.77. The summed E-state index contributed by atoms with van der Waals surface area (Å²) in [5, 5.41) is 0. The zero-order valence-electron chi connectivity index (χ0n) is 8.10. The van der Waals surface area contributed by atoms with Gasteiger partial charge in [0.2, 0.25) is 0 Å². The minimum Gasteiger partial charge on any atom is -0.494 e. The number of halogens is 3. The molecule has 1 rings (SSSR count). The van der Waals surface area contributed by atoms with E-state index >= 15 is 0 Å². The third-order valence-corrected chi connectivity index (χ3v) is 1.57. The van der Waals surface area contributed by atoms with Crippen LogP contribution >= 0.6 is 0 Å². The zero-order valence-corrected chi connectivity index (χ0v) is 8.10. The fourth-order valence-corrected chi connectivity index (χ4v) is 1.05. The van der Waals surface area contributed by atoms with Crippen LogP contribution in [0, 0.1) is 6.92 Å². The Morgan fingerprint density at radius 2 is 2.00 bits per heavy atom. The van der Waals surface area contributed by atoms with Crippen LogP contribution in [-0.2, 0) is 0 Å². The largest absolute Gasteiger partial charge is 0.573 e. The molecule has 0 aliphatic heterocycles. The first-order chi connectivity index (χ1) is 6.92. The van der Waals surface area contributed by atoms with Gasteiger partial charge in [0.15, 0.2) is 0 Å². The topological polar surface area (TPSA) is 18.5 Å². The molecule has 0 heterocycles. The highest BCUT2D eigenvalue weighted by Gasteiger charge is 2.31. The fraction of sp³-hybridized carbons (Fsp3) is 0.300. The van der Waals surface area contributed by atoms with Crippen LogP contribution < -0.4 is 9.47 Å². The van der Waals surface area contributed by atoms with E-state index in [1.54, 1.807) is 6.92 Å². The molecule has 0 atom stereocenters. The van der Waals surface area contributed by atoms with Crippen molar-refractivity contribution >= 4 is 0 Å². The molecule has 1 aromatic rings. The van der Waals surface area contributed by atoms with Crippen molar-refractivity contribution in [2.75, 3.05) is 6.61 Å². The average Bonchev–Trinajstić information content (AvgIpc) is 2.07. The van der Waals surface area contributed by atoms with Gasteiger partial charge in [-0.2, -0.15) is 0 Å². The van der Waals surface area contributed by atoms with Gasteiger partial charge in [-0.1, -0.05) is 0 Å². The summed E-state index contributed by atoms with van der Waals surface area (Å²) >= 11 is 0. The standard InChI is InChI=1S/C10H10F3O2/c1-3-14-9-5-4-8(6-7(9)2)15-10(11,12)13/h4-6H,2-3H2,1H3. The third kappa shape index (κ3) is 3.69. The van der Waals surface area contributed by atoms with Crippen LogP contribution in [0.5, 0.6) is 11.5 Å². The van der Waals surface area contributed by atoms with Crippen molar-refractivity contribution in [1.82, 2.24) is 0 Å². The van der Waals surface area contributed by atoms with Crippen LogP contribution in [0.25, 0.3) is 0 Å². The Balaban J connectivity index is 2.82. The fourth-order valence-electron chi connectivity index (χ4n) is 1.05. The second-order valence-electron chi connectivity index (χ2n) is 2.75. The summed E-state index contributed by atoms with van der Waals surface area (Å²) in [4.78, 5) is 0. The second-order valence-corrected chi connectivity index (χ2v) is 2.75. The summed E-state index contributed by atoms with van der Waals surface area (Å²) in [5.74, 6) is 0.156. The quantitative estimate of drug-likeness (QED) is 0.777. The van der Waals surface area contributed by atoms with Gasteiger partial charge in [0.25, 0.3) is 0 Å². The van der Waals surface area contributed by atoms with E-state index in [4.69, 9.17) is 4.74 Å². The minimum atomic E-state index is -4.68. The molecule has 0 saturated heterocycles. The predicted octanol–water partition coefficient (Wildman–Crippen LogP) is 3.17. The van der Waals surface area contributed by atoms with Gasteiger partial charge < -0.3 is 9.47 Å². The molecular weight excluding hydrogens is 209 g/mol. The number of benzene rings is 1. The number of alkyl halides is 3. The van der Waals surface area contributed by atoms with Crippen molar-refractivity contribution in [2.24, 2.45) is 0 Å². The van der Waals surface area contributed by atoms with Gasteiger partial charge in [0.1, 0.15) is 11.5 Å². The van der Waals surface area contributed by atoms with Crippen LogP contribution in [0.1, 0.15) is 12.5 Å². The zero-order chi connectivity index (χ0) is 11.5. The molecule has 0 N–H and O–H groups in total. The molecule has 0 bridgehead atoms. The highest BCUT2D eigenvalue weighted by atomic mass is 19.4. The Morgan fingerprint density at radius 1 is 1.33 bits per heavy atom. The Labute approximate surface area is 85.6 Å². The molecule has 0 aliphatic rings.